The number of Topliss-reactive ketones (excluding diaryl/α,β-unsaturated/α-hetero) is 1. The van der Waals surface area contributed by atoms with E-state index in [2.05, 4.69) is 4.98 Å². The molecular weight excluding hydrogens is 229 g/mol. The van der Waals surface area contributed by atoms with Gasteiger partial charge in [0.1, 0.15) is 0 Å². The van der Waals surface area contributed by atoms with Crippen molar-refractivity contribution in [2.45, 2.75) is 26.8 Å². The van der Waals surface area contributed by atoms with Gasteiger partial charge in [0.25, 0.3) is 0 Å². The second-order valence-electron chi connectivity index (χ2n) is 3.08. The van der Waals surface area contributed by atoms with Crippen molar-refractivity contribution in [3.05, 3.63) is 26.8 Å². The van der Waals surface area contributed by atoms with Crippen molar-refractivity contribution in [3.8, 4) is 0 Å². The van der Waals surface area contributed by atoms with E-state index in [0.29, 0.717) is 0 Å². The lowest BCUT2D eigenvalue weighted by Gasteiger charge is -2.09. The van der Waals surface area contributed by atoms with Gasteiger partial charge in [0.15, 0.2) is 11.6 Å². The number of hydrogen-bond acceptors (Lipinski definition) is 4. The number of ketones is 1. The average Bonchev–Trinajstić information content (AvgIpc) is 2.28. The molecule has 0 aromatic carbocycles. The maximum Gasteiger partial charge on any atom is 0.353 e. The van der Waals surface area contributed by atoms with Crippen LogP contribution in [-0.2, 0) is 6.54 Å². The molecule has 1 aromatic rings. The third-order valence-electron chi connectivity index (χ3n) is 2.18. The highest BCUT2D eigenvalue weighted by molar-refractivity contribution is 7.35. The van der Waals surface area contributed by atoms with E-state index in [1.54, 1.807) is 20.5 Å². The summed E-state index contributed by atoms with van der Waals surface area (Å²) < 4.78 is 2.28. The van der Waals surface area contributed by atoms with Crippen molar-refractivity contribution in [2.24, 2.45) is 0 Å². The molecule has 1 unspecified atom stereocenters. The number of carbonyl (C=O) groups is 1. The Labute approximate surface area is 94.2 Å². The van der Waals surface area contributed by atoms with Crippen molar-refractivity contribution in [3.63, 3.8) is 0 Å². The Morgan fingerprint density at radius 1 is 1.38 bits per heavy atom. The summed E-state index contributed by atoms with van der Waals surface area (Å²) in [6, 6.07) is 0. The summed E-state index contributed by atoms with van der Waals surface area (Å²) in [5.41, 5.74) is -1.11. The predicted octanol–water partition coefficient (Wildman–Crippen LogP) is 0.0890. The molecule has 6 nitrogen and oxygen atoms in total. The van der Waals surface area contributed by atoms with Gasteiger partial charge < -0.3 is 0 Å². The number of aromatic nitrogens is 3. The van der Waals surface area contributed by atoms with Crippen LogP contribution in [0, 0.1) is 0 Å². The molecular formula is C9H14N3O3P. The van der Waals surface area contributed by atoms with Crippen LogP contribution in [-0.4, -0.2) is 26.3 Å². The molecule has 1 heterocycles. The fourth-order valence-electron chi connectivity index (χ4n) is 1.31. The Kier molecular flexibility index (Phi) is 4.12. The van der Waals surface area contributed by atoms with Gasteiger partial charge in [-0.2, -0.15) is 4.98 Å². The van der Waals surface area contributed by atoms with E-state index >= 15 is 0 Å². The Balaban J connectivity index is 3.60. The molecule has 1 atom stereocenters. The first-order chi connectivity index (χ1) is 7.56. The van der Waals surface area contributed by atoms with Crippen LogP contribution < -0.4 is 11.4 Å². The SMILES string of the molecule is CCC(=O)c1nc(=O)n(CC)c(=O)n1PC. The van der Waals surface area contributed by atoms with Crippen LogP contribution in [0.4, 0.5) is 0 Å². The van der Waals surface area contributed by atoms with E-state index in [1.165, 1.54) is 4.34 Å². The van der Waals surface area contributed by atoms with Gasteiger partial charge in [-0.15, -0.1) is 0 Å². The maximum absolute atomic E-state index is 11.8. The van der Waals surface area contributed by atoms with Crippen molar-refractivity contribution in [1.82, 2.24) is 13.9 Å². The van der Waals surface area contributed by atoms with Crippen molar-refractivity contribution >= 4 is 14.5 Å². The summed E-state index contributed by atoms with van der Waals surface area (Å²) in [5, 5.41) is 0. The Morgan fingerprint density at radius 2 is 2.00 bits per heavy atom. The van der Waals surface area contributed by atoms with Crippen molar-refractivity contribution < 1.29 is 4.79 Å². The molecule has 0 radical (unpaired) electrons. The summed E-state index contributed by atoms with van der Waals surface area (Å²) in [6.07, 6.45) is 0.229. The van der Waals surface area contributed by atoms with Crippen LogP contribution >= 0.6 is 8.73 Å². The fraction of sp³-hybridized carbons (Fsp3) is 0.556. The summed E-state index contributed by atoms with van der Waals surface area (Å²) in [7, 11) is 0.0804. The van der Waals surface area contributed by atoms with Crippen LogP contribution in [0.25, 0.3) is 0 Å². The molecule has 0 amide bonds. The normalized spacial score (nSPS) is 11.2. The number of nitrogens with zero attached hydrogens (tertiary/aromatic N) is 3. The zero-order chi connectivity index (χ0) is 12.3. The van der Waals surface area contributed by atoms with Gasteiger partial charge in [-0.3, -0.25) is 9.13 Å². The van der Waals surface area contributed by atoms with Gasteiger partial charge in [-0.25, -0.2) is 14.2 Å². The molecule has 0 fully saturated rings. The molecule has 0 aliphatic rings. The first-order valence-electron chi connectivity index (χ1n) is 5.01. The lowest BCUT2D eigenvalue weighted by Crippen LogP contribution is -2.41. The highest BCUT2D eigenvalue weighted by atomic mass is 31.1. The Bertz CT molecular complexity index is 518. The average molecular weight is 243 g/mol. The van der Waals surface area contributed by atoms with E-state index < -0.39 is 11.4 Å². The van der Waals surface area contributed by atoms with Gasteiger partial charge in [0, 0.05) is 13.0 Å². The third kappa shape index (κ3) is 2.11. The van der Waals surface area contributed by atoms with Crippen LogP contribution in [0.5, 0.6) is 0 Å². The summed E-state index contributed by atoms with van der Waals surface area (Å²) >= 11 is 0. The maximum atomic E-state index is 11.8. The Hall–Kier alpha value is -1.29. The molecule has 1 aromatic heterocycles. The highest BCUT2D eigenvalue weighted by Crippen LogP contribution is 2.08. The first kappa shape index (κ1) is 12.8. The van der Waals surface area contributed by atoms with Crippen molar-refractivity contribution in [1.29, 1.82) is 0 Å². The summed E-state index contributed by atoms with van der Waals surface area (Å²) in [5.74, 6) is -0.310. The molecule has 0 saturated carbocycles. The zero-order valence-corrected chi connectivity index (χ0v) is 10.5. The van der Waals surface area contributed by atoms with E-state index in [-0.39, 0.29) is 33.3 Å². The highest BCUT2D eigenvalue weighted by Gasteiger charge is 2.15. The molecule has 0 spiro atoms. The number of carbonyl (C=O) groups excluding carboxylic acids is 1. The second kappa shape index (κ2) is 5.16. The molecule has 0 saturated heterocycles. The second-order valence-corrected chi connectivity index (χ2v) is 3.97. The van der Waals surface area contributed by atoms with Gasteiger partial charge in [0.05, 0.1) is 0 Å². The lowest BCUT2D eigenvalue weighted by atomic mass is 10.3. The van der Waals surface area contributed by atoms with E-state index in [4.69, 9.17) is 0 Å². The topological polar surface area (TPSA) is 74.0 Å². The molecule has 1 rings (SSSR count). The minimum absolute atomic E-state index is 0.0250. The molecule has 0 bridgehead atoms. The molecule has 7 heteroatoms. The smallest absolute Gasteiger partial charge is 0.291 e. The number of rotatable bonds is 4. The standard InChI is InChI=1S/C9H14N3O3P/c1-4-6(13)7-10-8(14)11(5-2)9(15)12(7)16-3/h16H,4-5H2,1-3H3. The zero-order valence-electron chi connectivity index (χ0n) is 9.48. The monoisotopic (exact) mass is 243 g/mol. The lowest BCUT2D eigenvalue weighted by molar-refractivity contribution is 0.0975. The molecule has 0 aliphatic heterocycles. The quantitative estimate of drug-likeness (QED) is 0.555. The van der Waals surface area contributed by atoms with Gasteiger partial charge >= 0.3 is 11.4 Å². The predicted molar refractivity (Wildman–Crippen MR) is 62.7 cm³/mol. The van der Waals surface area contributed by atoms with Gasteiger partial charge in [-0.05, 0) is 22.3 Å². The largest absolute Gasteiger partial charge is 0.353 e. The first-order valence-corrected chi connectivity index (χ1v) is 6.46. The molecule has 16 heavy (non-hydrogen) atoms. The van der Waals surface area contributed by atoms with E-state index in [1.807, 2.05) is 0 Å². The van der Waals surface area contributed by atoms with Gasteiger partial charge in [0.2, 0.25) is 0 Å². The summed E-state index contributed by atoms with van der Waals surface area (Å²) in [4.78, 5) is 38.5. The van der Waals surface area contributed by atoms with Crippen molar-refractivity contribution in [2.75, 3.05) is 6.66 Å². The van der Waals surface area contributed by atoms with Crippen LogP contribution in [0.2, 0.25) is 0 Å². The van der Waals surface area contributed by atoms with Gasteiger partial charge in [-0.1, -0.05) is 6.92 Å². The van der Waals surface area contributed by atoms with E-state index in [0.717, 1.165) is 4.57 Å². The fourth-order valence-corrected chi connectivity index (χ4v) is 2.01. The molecule has 0 aliphatic carbocycles. The van der Waals surface area contributed by atoms with E-state index in [9.17, 15) is 14.4 Å². The van der Waals surface area contributed by atoms with Crippen LogP contribution in [0.3, 0.4) is 0 Å². The summed E-state index contributed by atoms with van der Waals surface area (Å²) in [6.45, 7) is 5.38. The third-order valence-corrected chi connectivity index (χ3v) is 3.03. The molecule has 88 valence electrons. The minimum Gasteiger partial charge on any atom is -0.291 e. The van der Waals surface area contributed by atoms with Crippen LogP contribution in [0.15, 0.2) is 9.59 Å². The Morgan fingerprint density at radius 3 is 2.44 bits per heavy atom. The van der Waals surface area contributed by atoms with Crippen LogP contribution in [0.1, 0.15) is 30.9 Å². The number of hydrogen-bond donors (Lipinski definition) is 0. The molecule has 0 N–H and O–H groups in total. The minimum atomic E-state index is -0.654.